The van der Waals surface area contributed by atoms with E-state index < -0.39 is 11.9 Å². The summed E-state index contributed by atoms with van der Waals surface area (Å²) >= 11 is 0. The third-order valence-electron chi connectivity index (χ3n) is 5.51. The molecule has 0 spiro atoms. The first kappa shape index (κ1) is 20.2. The summed E-state index contributed by atoms with van der Waals surface area (Å²) in [6.07, 6.45) is 4.66. The van der Waals surface area contributed by atoms with Crippen molar-refractivity contribution in [2.75, 3.05) is 61.5 Å². The third-order valence-corrected chi connectivity index (χ3v) is 5.51. The smallest absolute Gasteiger partial charge is 0.394 e. The summed E-state index contributed by atoms with van der Waals surface area (Å²) in [5, 5.41) is 6.31. The van der Waals surface area contributed by atoms with E-state index in [9.17, 15) is 9.59 Å². The molecule has 0 bridgehead atoms. The number of nitrogens with one attached hydrogen (secondary N) is 2. The summed E-state index contributed by atoms with van der Waals surface area (Å²) < 4.78 is 9.63. The molecular weight excluding hydrogens is 386 g/mol. The van der Waals surface area contributed by atoms with Crippen LogP contribution in [0.15, 0.2) is 28.9 Å². The lowest BCUT2D eigenvalue weighted by atomic mass is 10.1. The lowest BCUT2D eigenvalue weighted by Gasteiger charge is -2.34. The first-order chi connectivity index (χ1) is 14.7. The molecule has 2 aliphatic heterocycles. The summed E-state index contributed by atoms with van der Waals surface area (Å²) in [4.78, 5) is 32.9. The molecule has 1 aromatic carbocycles. The third kappa shape index (κ3) is 4.40. The fourth-order valence-electron chi connectivity index (χ4n) is 3.89. The Hall–Kier alpha value is -3.07. The SMILES string of the molecule is COC(=O)c1nc(C(=O)Nc2ccc(N3CCNCC3)cc2N2CCCCC2)co1. The molecule has 30 heavy (non-hydrogen) atoms. The van der Waals surface area contributed by atoms with Gasteiger partial charge in [-0.2, -0.15) is 4.98 Å². The maximum Gasteiger partial charge on any atom is 0.394 e. The maximum absolute atomic E-state index is 12.7. The van der Waals surface area contributed by atoms with Crippen LogP contribution in [0.5, 0.6) is 0 Å². The molecule has 0 unspecified atom stereocenters. The number of hydrogen-bond acceptors (Lipinski definition) is 8. The van der Waals surface area contributed by atoms with Gasteiger partial charge in [-0.25, -0.2) is 4.79 Å². The Kier molecular flexibility index (Phi) is 6.18. The van der Waals surface area contributed by atoms with Gasteiger partial charge in [0.1, 0.15) is 6.26 Å². The summed E-state index contributed by atoms with van der Waals surface area (Å²) in [7, 11) is 1.23. The number of hydrogen-bond donors (Lipinski definition) is 2. The van der Waals surface area contributed by atoms with Gasteiger partial charge >= 0.3 is 11.9 Å². The number of methoxy groups -OCH3 is 1. The first-order valence-corrected chi connectivity index (χ1v) is 10.4. The summed E-state index contributed by atoms with van der Waals surface area (Å²) in [6.45, 7) is 5.77. The Morgan fingerprint density at radius 1 is 1.10 bits per heavy atom. The van der Waals surface area contributed by atoms with Crippen LogP contribution in [0.3, 0.4) is 0 Å². The van der Waals surface area contributed by atoms with Crippen molar-refractivity contribution >= 4 is 28.9 Å². The van der Waals surface area contributed by atoms with Gasteiger partial charge in [0.25, 0.3) is 5.91 Å². The van der Waals surface area contributed by atoms with E-state index in [-0.39, 0.29) is 11.6 Å². The number of piperidine rings is 1. The number of carbonyl (C=O) groups is 2. The molecule has 4 rings (SSSR count). The van der Waals surface area contributed by atoms with Crippen LogP contribution in [0.2, 0.25) is 0 Å². The Morgan fingerprint density at radius 2 is 1.87 bits per heavy atom. The second kappa shape index (κ2) is 9.17. The molecule has 2 fully saturated rings. The molecule has 0 aliphatic carbocycles. The number of ether oxygens (including phenoxy) is 1. The largest absolute Gasteiger partial charge is 0.462 e. The minimum Gasteiger partial charge on any atom is -0.462 e. The minimum atomic E-state index is -0.719. The van der Waals surface area contributed by atoms with Crippen LogP contribution in [0.4, 0.5) is 17.1 Å². The number of anilines is 3. The van der Waals surface area contributed by atoms with Crippen LogP contribution in [0, 0.1) is 0 Å². The van der Waals surface area contributed by atoms with Gasteiger partial charge in [0.2, 0.25) is 0 Å². The van der Waals surface area contributed by atoms with Crippen molar-refractivity contribution in [3.63, 3.8) is 0 Å². The van der Waals surface area contributed by atoms with E-state index in [1.807, 2.05) is 12.1 Å². The van der Waals surface area contributed by atoms with Crippen molar-refractivity contribution in [1.29, 1.82) is 0 Å². The molecule has 2 N–H and O–H groups in total. The Morgan fingerprint density at radius 3 is 2.60 bits per heavy atom. The molecule has 160 valence electrons. The minimum absolute atomic E-state index is 0.0335. The topological polar surface area (TPSA) is 99.9 Å². The van der Waals surface area contributed by atoms with Crippen LogP contribution in [0.1, 0.15) is 40.4 Å². The van der Waals surface area contributed by atoms with Crippen molar-refractivity contribution in [3.8, 4) is 0 Å². The van der Waals surface area contributed by atoms with Crippen molar-refractivity contribution < 1.29 is 18.7 Å². The van der Waals surface area contributed by atoms with Crippen LogP contribution in [-0.4, -0.2) is 63.2 Å². The molecule has 0 radical (unpaired) electrons. The standard InChI is InChI=1S/C21H27N5O4/c1-29-21(28)20-24-17(14-30-20)19(27)23-16-6-5-15(25-11-7-22-8-12-25)13-18(16)26-9-3-2-4-10-26/h5-6,13-14,22H,2-4,7-12H2,1H3,(H,23,27). The molecule has 0 saturated carbocycles. The number of rotatable bonds is 5. The lowest BCUT2D eigenvalue weighted by molar-refractivity contribution is 0.0556. The quantitative estimate of drug-likeness (QED) is 0.719. The van der Waals surface area contributed by atoms with Crippen molar-refractivity contribution in [3.05, 3.63) is 36.0 Å². The highest BCUT2D eigenvalue weighted by Gasteiger charge is 2.22. The van der Waals surface area contributed by atoms with Gasteiger partial charge in [-0.1, -0.05) is 0 Å². The van der Waals surface area contributed by atoms with Crippen LogP contribution in [-0.2, 0) is 4.74 Å². The lowest BCUT2D eigenvalue weighted by Crippen LogP contribution is -2.43. The van der Waals surface area contributed by atoms with Gasteiger partial charge < -0.3 is 29.6 Å². The number of esters is 1. The van der Waals surface area contributed by atoms with E-state index in [1.165, 1.54) is 13.5 Å². The highest BCUT2D eigenvalue weighted by atomic mass is 16.5. The second-order valence-electron chi connectivity index (χ2n) is 7.47. The Bertz CT molecular complexity index is 901. The molecule has 9 heteroatoms. The van der Waals surface area contributed by atoms with E-state index in [0.29, 0.717) is 0 Å². The van der Waals surface area contributed by atoms with Gasteiger partial charge in [0, 0.05) is 45.0 Å². The maximum atomic E-state index is 12.7. The zero-order chi connectivity index (χ0) is 20.9. The van der Waals surface area contributed by atoms with Gasteiger partial charge in [-0.3, -0.25) is 4.79 Å². The summed E-state index contributed by atoms with van der Waals surface area (Å²) in [6, 6.07) is 6.15. The fourth-order valence-corrected chi connectivity index (χ4v) is 3.89. The summed E-state index contributed by atoms with van der Waals surface area (Å²) in [5.74, 6) is -1.39. The van der Waals surface area contributed by atoms with Gasteiger partial charge in [0.15, 0.2) is 5.69 Å². The molecule has 1 aromatic heterocycles. The number of amides is 1. The van der Waals surface area contributed by atoms with E-state index in [1.54, 1.807) is 0 Å². The Balaban J connectivity index is 1.58. The zero-order valence-electron chi connectivity index (χ0n) is 17.1. The predicted octanol–water partition coefficient (Wildman–Crippen LogP) is 2.11. The Labute approximate surface area is 175 Å². The number of benzene rings is 1. The number of aromatic nitrogens is 1. The fraction of sp³-hybridized carbons (Fsp3) is 0.476. The van der Waals surface area contributed by atoms with Crippen molar-refractivity contribution in [2.24, 2.45) is 0 Å². The average Bonchev–Trinajstić information content (AvgIpc) is 3.30. The number of piperazine rings is 1. The number of carbonyl (C=O) groups excluding carboxylic acids is 2. The van der Waals surface area contributed by atoms with Crippen molar-refractivity contribution in [2.45, 2.75) is 19.3 Å². The van der Waals surface area contributed by atoms with Crippen molar-refractivity contribution in [1.82, 2.24) is 10.3 Å². The molecule has 1 amide bonds. The highest BCUT2D eigenvalue weighted by Crippen LogP contribution is 2.33. The zero-order valence-corrected chi connectivity index (χ0v) is 17.1. The van der Waals surface area contributed by atoms with E-state index in [4.69, 9.17) is 4.42 Å². The number of nitrogens with zero attached hydrogens (tertiary/aromatic N) is 3. The molecular formula is C21H27N5O4. The second-order valence-corrected chi connectivity index (χ2v) is 7.47. The molecule has 9 nitrogen and oxygen atoms in total. The van der Waals surface area contributed by atoms with Gasteiger partial charge in [0.05, 0.1) is 18.5 Å². The summed E-state index contributed by atoms with van der Waals surface area (Å²) in [5.41, 5.74) is 2.93. The van der Waals surface area contributed by atoms with E-state index in [2.05, 4.69) is 36.2 Å². The molecule has 2 saturated heterocycles. The van der Waals surface area contributed by atoms with Crippen LogP contribution < -0.4 is 20.4 Å². The van der Waals surface area contributed by atoms with Gasteiger partial charge in [-0.05, 0) is 37.5 Å². The molecule has 0 atom stereocenters. The number of oxazole rings is 1. The molecule has 3 heterocycles. The monoisotopic (exact) mass is 413 g/mol. The van der Waals surface area contributed by atoms with Crippen LogP contribution >= 0.6 is 0 Å². The normalized spacial score (nSPS) is 17.0. The van der Waals surface area contributed by atoms with E-state index in [0.717, 1.165) is 75.4 Å². The first-order valence-electron chi connectivity index (χ1n) is 10.4. The molecule has 2 aliphatic rings. The highest BCUT2D eigenvalue weighted by molar-refractivity contribution is 6.05. The molecule has 2 aromatic rings. The predicted molar refractivity (Wildman–Crippen MR) is 113 cm³/mol. The van der Waals surface area contributed by atoms with E-state index >= 15 is 0 Å². The van der Waals surface area contributed by atoms with Gasteiger partial charge in [-0.15, -0.1) is 0 Å². The average molecular weight is 413 g/mol. The van der Waals surface area contributed by atoms with Crippen LogP contribution in [0.25, 0.3) is 0 Å².